The summed E-state index contributed by atoms with van der Waals surface area (Å²) in [4.78, 5) is 11.1. The molecule has 0 atom stereocenters. The highest BCUT2D eigenvalue weighted by molar-refractivity contribution is 5.94. The van der Waals surface area contributed by atoms with E-state index >= 15 is 0 Å². The van der Waals surface area contributed by atoms with E-state index < -0.39 is 23.3 Å². The number of primary amides is 1. The molecule has 4 nitrogen and oxygen atoms in total. The van der Waals surface area contributed by atoms with E-state index in [0.717, 1.165) is 12.1 Å². The zero-order chi connectivity index (χ0) is 15.6. The van der Waals surface area contributed by atoms with Crippen molar-refractivity contribution in [1.82, 2.24) is 0 Å². The molecule has 4 N–H and O–H groups in total. The van der Waals surface area contributed by atoms with Crippen LogP contribution < -0.4 is 11.1 Å². The van der Waals surface area contributed by atoms with Gasteiger partial charge in [-0.3, -0.25) is 4.79 Å². The van der Waals surface area contributed by atoms with Crippen molar-refractivity contribution in [3.8, 4) is 5.75 Å². The Bertz CT molecular complexity index is 702. The molecule has 2 aromatic rings. The maximum atomic E-state index is 13.7. The number of benzene rings is 2. The summed E-state index contributed by atoms with van der Waals surface area (Å²) in [6.45, 7) is 1.61. The standard InChI is InChI=1S/C15H14F2N2O2/c1-8-12(17)5-10(15(18)21)6-13(8)19-7-9-3-2-4-11(16)14(9)20/h2-6,19-20H,7H2,1H3,(H2,18,21). The van der Waals surface area contributed by atoms with Crippen LogP contribution in [-0.2, 0) is 6.54 Å². The molecule has 0 aromatic heterocycles. The second kappa shape index (κ2) is 5.78. The first kappa shape index (κ1) is 14.8. The van der Waals surface area contributed by atoms with E-state index in [0.29, 0.717) is 16.8 Å². The number of rotatable bonds is 4. The van der Waals surface area contributed by atoms with E-state index in [9.17, 15) is 18.7 Å². The van der Waals surface area contributed by atoms with Gasteiger partial charge in [0.15, 0.2) is 11.6 Å². The molecule has 0 aliphatic rings. The number of nitrogens with one attached hydrogen (secondary N) is 1. The quantitative estimate of drug-likeness (QED) is 0.811. The Balaban J connectivity index is 2.27. The lowest BCUT2D eigenvalue weighted by molar-refractivity contribution is 0.1000. The van der Waals surface area contributed by atoms with Crippen LogP contribution in [0.25, 0.3) is 0 Å². The number of para-hydroxylation sites is 1. The zero-order valence-corrected chi connectivity index (χ0v) is 11.3. The van der Waals surface area contributed by atoms with Gasteiger partial charge in [-0.05, 0) is 25.1 Å². The molecular formula is C15H14F2N2O2. The monoisotopic (exact) mass is 292 g/mol. The van der Waals surface area contributed by atoms with Gasteiger partial charge in [0.25, 0.3) is 0 Å². The van der Waals surface area contributed by atoms with Crippen LogP contribution in [0.3, 0.4) is 0 Å². The molecule has 2 rings (SSSR count). The Morgan fingerprint density at radius 3 is 2.67 bits per heavy atom. The average molecular weight is 292 g/mol. The van der Waals surface area contributed by atoms with E-state index in [-0.39, 0.29) is 12.1 Å². The largest absolute Gasteiger partial charge is 0.505 e. The first-order chi connectivity index (χ1) is 9.90. The molecule has 0 saturated heterocycles. The van der Waals surface area contributed by atoms with E-state index in [1.165, 1.54) is 25.1 Å². The minimum Gasteiger partial charge on any atom is -0.505 e. The van der Waals surface area contributed by atoms with Crippen molar-refractivity contribution >= 4 is 11.6 Å². The van der Waals surface area contributed by atoms with Gasteiger partial charge in [0, 0.05) is 28.9 Å². The number of carbonyl (C=O) groups excluding carboxylic acids is 1. The maximum absolute atomic E-state index is 13.7. The maximum Gasteiger partial charge on any atom is 0.248 e. The van der Waals surface area contributed by atoms with Crippen LogP contribution in [0.1, 0.15) is 21.5 Å². The fourth-order valence-electron chi connectivity index (χ4n) is 1.90. The molecule has 0 heterocycles. The van der Waals surface area contributed by atoms with Crippen molar-refractivity contribution in [2.24, 2.45) is 5.73 Å². The number of phenolic OH excluding ortho intramolecular Hbond substituents is 1. The number of anilines is 1. The number of aromatic hydroxyl groups is 1. The summed E-state index contributed by atoms with van der Waals surface area (Å²) in [5, 5.41) is 12.4. The van der Waals surface area contributed by atoms with Crippen LogP contribution in [0, 0.1) is 18.6 Å². The molecule has 0 unspecified atom stereocenters. The van der Waals surface area contributed by atoms with Gasteiger partial charge in [0.05, 0.1) is 0 Å². The minimum absolute atomic E-state index is 0.0315. The molecule has 0 spiro atoms. The van der Waals surface area contributed by atoms with Crippen molar-refractivity contribution in [2.45, 2.75) is 13.5 Å². The summed E-state index contributed by atoms with van der Waals surface area (Å²) >= 11 is 0. The number of hydrogen-bond acceptors (Lipinski definition) is 3. The van der Waals surface area contributed by atoms with Crippen molar-refractivity contribution in [1.29, 1.82) is 0 Å². The molecule has 0 radical (unpaired) electrons. The summed E-state index contributed by atoms with van der Waals surface area (Å²) in [6.07, 6.45) is 0. The molecule has 6 heteroatoms. The highest BCUT2D eigenvalue weighted by Crippen LogP contribution is 2.24. The molecule has 2 aromatic carbocycles. The van der Waals surface area contributed by atoms with Crippen LogP contribution in [0.4, 0.5) is 14.5 Å². The van der Waals surface area contributed by atoms with Gasteiger partial charge in [-0.1, -0.05) is 12.1 Å². The summed E-state index contributed by atoms with van der Waals surface area (Å²) in [7, 11) is 0. The Morgan fingerprint density at radius 1 is 1.29 bits per heavy atom. The van der Waals surface area contributed by atoms with Gasteiger partial charge in [-0.2, -0.15) is 0 Å². The Kier molecular flexibility index (Phi) is 4.07. The topological polar surface area (TPSA) is 75.4 Å². The number of hydrogen-bond donors (Lipinski definition) is 3. The molecule has 1 amide bonds. The molecule has 0 aliphatic carbocycles. The van der Waals surface area contributed by atoms with Crippen molar-refractivity contribution in [3.05, 3.63) is 58.7 Å². The van der Waals surface area contributed by atoms with Crippen LogP contribution in [-0.4, -0.2) is 11.0 Å². The first-order valence-corrected chi connectivity index (χ1v) is 6.20. The molecule has 21 heavy (non-hydrogen) atoms. The summed E-state index contributed by atoms with van der Waals surface area (Å²) in [5.74, 6) is -2.51. The number of amides is 1. The summed E-state index contributed by atoms with van der Waals surface area (Å²) in [6, 6.07) is 6.60. The van der Waals surface area contributed by atoms with Crippen molar-refractivity contribution in [3.63, 3.8) is 0 Å². The third-order valence-corrected chi connectivity index (χ3v) is 3.17. The van der Waals surface area contributed by atoms with Crippen LogP contribution in [0.15, 0.2) is 30.3 Å². The van der Waals surface area contributed by atoms with E-state index in [1.54, 1.807) is 0 Å². The van der Waals surface area contributed by atoms with E-state index in [4.69, 9.17) is 5.73 Å². The highest BCUT2D eigenvalue weighted by Gasteiger charge is 2.11. The molecular weight excluding hydrogens is 278 g/mol. The van der Waals surface area contributed by atoms with Gasteiger partial charge in [0.2, 0.25) is 5.91 Å². The zero-order valence-electron chi connectivity index (χ0n) is 11.3. The van der Waals surface area contributed by atoms with Crippen LogP contribution in [0.5, 0.6) is 5.75 Å². The minimum atomic E-state index is -0.745. The lowest BCUT2D eigenvalue weighted by atomic mass is 10.1. The van der Waals surface area contributed by atoms with E-state index in [2.05, 4.69) is 5.32 Å². The SMILES string of the molecule is Cc1c(F)cc(C(N)=O)cc1NCc1cccc(F)c1O. The van der Waals surface area contributed by atoms with Crippen molar-refractivity contribution < 1.29 is 18.7 Å². The molecule has 0 bridgehead atoms. The number of phenols is 1. The lowest BCUT2D eigenvalue weighted by Gasteiger charge is -2.12. The fourth-order valence-corrected chi connectivity index (χ4v) is 1.90. The average Bonchev–Trinajstić information content (AvgIpc) is 2.44. The Hall–Kier alpha value is -2.63. The number of carbonyl (C=O) groups is 1. The second-order valence-corrected chi connectivity index (χ2v) is 4.60. The van der Waals surface area contributed by atoms with Gasteiger partial charge < -0.3 is 16.2 Å². The smallest absolute Gasteiger partial charge is 0.248 e. The Labute approximate surface area is 120 Å². The van der Waals surface area contributed by atoms with E-state index in [1.807, 2.05) is 0 Å². The van der Waals surface area contributed by atoms with Gasteiger partial charge >= 0.3 is 0 Å². The van der Waals surface area contributed by atoms with Gasteiger partial charge in [0.1, 0.15) is 5.82 Å². The van der Waals surface area contributed by atoms with Gasteiger partial charge in [-0.15, -0.1) is 0 Å². The third kappa shape index (κ3) is 3.10. The third-order valence-electron chi connectivity index (χ3n) is 3.17. The molecule has 0 fully saturated rings. The number of halogens is 2. The predicted octanol–water partition coefficient (Wildman–Crippen LogP) is 2.69. The molecule has 0 saturated carbocycles. The van der Waals surface area contributed by atoms with Gasteiger partial charge in [-0.25, -0.2) is 8.78 Å². The number of nitrogens with two attached hydrogens (primary N) is 1. The first-order valence-electron chi connectivity index (χ1n) is 6.20. The van der Waals surface area contributed by atoms with Crippen molar-refractivity contribution in [2.75, 3.05) is 5.32 Å². The van der Waals surface area contributed by atoms with Crippen LogP contribution in [0.2, 0.25) is 0 Å². The Morgan fingerprint density at radius 2 is 2.00 bits per heavy atom. The summed E-state index contributed by atoms with van der Waals surface area (Å²) < 4.78 is 26.9. The lowest BCUT2D eigenvalue weighted by Crippen LogP contribution is -2.13. The normalized spacial score (nSPS) is 10.4. The summed E-state index contributed by atoms with van der Waals surface area (Å²) in [5.41, 5.74) is 6.14. The predicted molar refractivity (Wildman–Crippen MR) is 75.0 cm³/mol. The molecule has 110 valence electrons. The van der Waals surface area contributed by atoms with Crippen LogP contribution >= 0.6 is 0 Å². The highest BCUT2D eigenvalue weighted by atomic mass is 19.1. The molecule has 0 aliphatic heterocycles. The fraction of sp³-hybridized carbons (Fsp3) is 0.133. The second-order valence-electron chi connectivity index (χ2n) is 4.60.